The van der Waals surface area contributed by atoms with Crippen molar-refractivity contribution in [2.24, 2.45) is 0 Å². The average Bonchev–Trinajstić information content (AvgIpc) is 2.99. The van der Waals surface area contributed by atoms with E-state index in [0.717, 1.165) is 29.3 Å². The van der Waals surface area contributed by atoms with Crippen molar-refractivity contribution in [1.29, 1.82) is 0 Å². The maximum absolute atomic E-state index is 12.6. The smallest absolute Gasteiger partial charge is 0.240 e. The Labute approximate surface area is 141 Å². The Kier molecular flexibility index (Phi) is 4.96. The Balaban J connectivity index is 1.75. The minimum absolute atomic E-state index is 0.105. The van der Waals surface area contributed by atoms with Crippen molar-refractivity contribution in [3.63, 3.8) is 0 Å². The summed E-state index contributed by atoms with van der Waals surface area (Å²) >= 11 is 1.87. The first-order chi connectivity index (χ1) is 11.0. The summed E-state index contributed by atoms with van der Waals surface area (Å²) in [4.78, 5) is 14.6. The highest BCUT2D eigenvalue weighted by Gasteiger charge is 2.28. The van der Waals surface area contributed by atoms with Crippen molar-refractivity contribution in [3.05, 3.63) is 23.8 Å². The first-order valence-electron chi connectivity index (χ1n) is 7.69. The Morgan fingerprint density at radius 3 is 3.00 bits per heavy atom. The SMILES string of the molecule is CNS(=O)(=O)c1ccc2c(c1)CCN2C(=O)CC1CSCCN1. The number of rotatable bonds is 4. The quantitative estimate of drug-likeness (QED) is 0.826. The predicted octanol–water partition coefficient (Wildman–Crippen LogP) is 0.579. The lowest BCUT2D eigenvalue weighted by Gasteiger charge is -2.25. The number of hydrogen-bond donors (Lipinski definition) is 2. The molecule has 0 radical (unpaired) electrons. The van der Waals surface area contributed by atoms with E-state index in [9.17, 15) is 13.2 Å². The molecular weight excluding hydrogens is 334 g/mol. The molecule has 1 atom stereocenters. The fourth-order valence-corrected chi connectivity index (χ4v) is 4.72. The number of sulfonamides is 1. The molecule has 1 aromatic rings. The Bertz CT molecular complexity index is 700. The molecule has 2 aliphatic rings. The molecule has 3 rings (SSSR count). The minimum atomic E-state index is -3.45. The molecule has 0 aromatic heterocycles. The van der Waals surface area contributed by atoms with Gasteiger partial charge in [-0.25, -0.2) is 13.1 Å². The van der Waals surface area contributed by atoms with Crippen molar-refractivity contribution >= 4 is 33.4 Å². The Morgan fingerprint density at radius 2 is 2.30 bits per heavy atom. The molecule has 0 spiro atoms. The lowest BCUT2D eigenvalue weighted by molar-refractivity contribution is -0.118. The molecule has 1 unspecified atom stereocenters. The van der Waals surface area contributed by atoms with Crippen LogP contribution in [0.1, 0.15) is 12.0 Å². The monoisotopic (exact) mass is 355 g/mol. The largest absolute Gasteiger partial charge is 0.312 e. The van der Waals surface area contributed by atoms with Crippen molar-refractivity contribution in [2.75, 3.05) is 36.5 Å². The van der Waals surface area contributed by atoms with E-state index in [4.69, 9.17) is 0 Å². The summed E-state index contributed by atoms with van der Waals surface area (Å²) in [7, 11) is -2.05. The van der Waals surface area contributed by atoms with Gasteiger partial charge in [-0.15, -0.1) is 0 Å². The van der Waals surface area contributed by atoms with E-state index >= 15 is 0 Å². The van der Waals surface area contributed by atoms with Gasteiger partial charge in [0.15, 0.2) is 0 Å². The van der Waals surface area contributed by atoms with Gasteiger partial charge in [-0.1, -0.05) is 0 Å². The first-order valence-corrected chi connectivity index (χ1v) is 10.3. The fourth-order valence-electron chi connectivity index (χ4n) is 2.99. The van der Waals surface area contributed by atoms with Crippen molar-refractivity contribution in [1.82, 2.24) is 10.0 Å². The molecule has 2 heterocycles. The van der Waals surface area contributed by atoms with Crippen LogP contribution in [0.2, 0.25) is 0 Å². The van der Waals surface area contributed by atoms with Crippen molar-refractivity contribution in [3.8, 4) is 0 Å². The van der Waals surface area contributed by atoms with E-state index in [1.165, 1.54) is 7.05 Å². The van der Waals surface area contributed by atoms with Crippen LogP contribution < -0.4 is 14.9 Å². The molecule has 1 fully saturated rings. The zero-order valence-corrected chi connectivity index (χ0v) is 14.7. The van der Waals surface area contributed by atoms with Crippen molar-refractivity contribution < 1.29 is 13.2 Å². The molecule has 0 saturated carbocycles. The number of benzene rings is 1. The van der Waals surface area contributed by atoms with Gasteiger partial charge in [0.25, 0.3) is 0 Å². The molecule has 2 N–H and O–H groups in total. The zero-order valence-electron chi connectivity index (χ0n) is 13.0. The maximum atomic E-state index is 12.6. The molecular formula is C15H21N3O3S2. The van der Waals surface area contributed by atoms with Gasteiger partial charge in [-0.05, 0) is 37.2 Å². The third-order valence-corrected chi connectivity index (χ3v) is 6.79. The summed E-state index contributed by atoms with van der Waals surface area (Å²) in [6, 6.07) is 5.20. The van der Waals surface area contributed by atoms with E-state index in [1.807, 2.05) is 11.8 Å². The molecule has 1 amide bonds. The highest BCUT2D eigenvalue weighted by Crippen LogP contribution is 2.31. The van der Waals surface area contributed by atoms with Gasteiger partial charge in [0, 0.05) is 42.7 Å². The maximum Gasteiger partial charge on any atom is 0.240 e. The summed E-state index contributed by atoms with van der Waals surface area (Å²) in [6.45, 7) is 1.57. The second-order valence-electron chi connectivity index (χ2n) is 5.72. The van der Waals surface area contributed by atoms with Crippen LogP contribution in [0.5, 0.6) is 0 Å². The number of nitrogens with one attached hydrogen (secondary N) is 2. The molecule has 23 heavy (non-hydrogen) atoms. The van der Waals surface area contributed by atoms with Gasteiger partial charge >= 0.3 is 0 Å². The van der Waals surface area contributed by atoms with Gasteiger partial charge in [0.05, 0.1) is 4.90 Å². The van der Waals surface area contributed by atoms with Crippen molar-refractivity contribution in [2.45, 2.75) is 23.8 Å². The zero-order chi connectivity index (χ0) is 16.4. The summed E-state index contributed by atoms with van der Waals surface area (Å²) in [6.07, 6.45) is 1.18. The van der Waals surface area contributed by atoms with E-state index in [1.54, 1.807) is 23.1 Å². The number of hydrogen-bond acceptors (Lipinski definition) is 5. The third kappa shape index (κ3) is 3.55. The van der Waals surface area contributed by atoms with Gasteiger partial charge in [-0.3, -0.25) is 4.79 Å². The van der Waals surface area contributed by atoms with E-state index < -0.39 is 10.0 Å². The topological polar surface area (TPSA) is 78.5 Å². The highest BCUT2D eigenvalue weighted by molar-refractivity contribution is 7.99. The third-order valence-electron chi connectivity index (χ3n) is 4.25. The van der Waals surface area contributed by atoms with Crippen LogP contribution in [0.4, 0.5) is 5.69 Å². The first kappa shape index (κ1) is 16.8. The number of thioether (sulfide) groups is 1. The van der Waals surface area contributed by atoms with E-state index in [-0.39, 0.29) is 16.8 Å². The number of carbonyl (C=O) groups excluding carboxylic acids is 1. The van der Waals surface area contributed by atoms with Crippen LogP contribution >= 0.6 is 11.8 Å². The van der Waals surface area contributed by atoms with Gasteiger partial charge in [-0.2, -0.15) is 11.8 Å². The average molecular weight is 355 g/mol. The molecule has 8 heteroatoms. The number of anilines is 1. The lowest BCUT2D eigenvalue weighted by Crippen LogP contribution is -2.42. The normalized spacial score (nSPS) is 21.3. The number of carbonyl (C=O) groups is 1. The fraction of sp³-hybridized carbons (Fsp3) is 0.533. The molecule has 1 aromatic carbocycles. The summed E-state index contributed by atoms with van der Waals surface area (Å²) < 4.78 is 26.1. The van der Waals surface area contributed by atoms with Gasteiger partial charge in [0.1, 0.15) is 0 Å². The molecule has 1 saturated heterocycles. The minimum Gasteiger partial charge on any atom is -0.312 e. The standard InChI is InChI=1S/C15H21N3O3S2/c1-16-23(20,21)13-2-3-14-11(8-13)4-6-18(14)15(19)9-12-10-22-7-5-17-12/h2-3,8,12,16-17H,4-7,9-10H2,1H3. The van der Waals surface area contributed by atoms with Gasteiger partial charge < -0.3 is 10.2 Å². The predicted molar refractivity (Wildman–Crippen MR) is 92.5 cm³/mol. The molecule has 6 nitrogen and oxygen atoms in total. The Hall–Kier alpha value is -1.09. The molecule has 2 aliphatic heterocycles. The lowest BCUT2D eigenvalue weighted by atomic mass is 10.1. The molecule has 0 bridgehead atoms. The van der Waals surface area contributed by atoms with Crippen LogP contribution in [-0.4, -0.2) is 52.0 Å². The molecule has 126 valence electrons. The highest BCUT2D eigenvalue weighted by atomic mass is 32.2. The summed E-state index contributed by atoms with van der Waals surface area (Å²) in [5.74, 6) is 2.17. The number of fused-ring (bicyclic) bond motifs is 1. The summed E-state index contributed by atoms with van der Waals surface area (Å²) in [5.41, 5.74) is 1.76. The second kappa shape index (κ2) is 6.80. The van der Waals surface area contributed by atoms with Crippen LogP contribution in [0.15, 0.2) is 23.1 Å². The number of amides is 1. The second-order valence-corrected chi connectivity index (χ2v) is 8.76. The van der Waals surface area contributed by atoms with Gasteiger partial charge in [0.2, 0.25) is 15.9 Å². The van der Waals surface area contributed by atoms with Crippen LogP contribution in [-0.2, 0) is 21.2 Å². The van der Waals surface area contributed by atoms with E-state index in [0.29, 0.717) is 19.4 Å². The van der Waals surface area contributed by atoms with Crippen LogP contribution in [0.25, 0.3) is 0 Å². The van der Waals surface area contributed by atoms with Crippen LogP contribution in [0, 0.1) is 0 Å². The molecule has 0 aliphatic carbocycles. The Morgan fingerprint density at radius 1 is 1.48 bits per heavy atom. The number of nitrogens with zero attached hydrogens (tertiary/aromatic N) is 1. The van der Waals surface area contributed by atoms with Crippen LogP contribution in [0.3, 0.4) is 0 Å². The summed E-state index contributed by atoms with van der Waals surface area (Å²) in [5, 5.41) is 3.38. The van der Waals surface area contributed by atoms with E-state index in [2.05, 4.69) is 10.0 Å².